The Labute approximate surface area is 101 Å². The topological polar surface area (TPSA) is 33.0 Å². The van der Waals surface area contributed by atoms with Crippen LogP contribution in [0.3, 0.4) is 0 Å². The van der Waals surface area contributed by atoms with Crippen LogP contribution in [0.1, 0.15) is 31.2 Å². The minimum absolute atomic E-state index is 0.462. The fourth-order valence-corrected chi connectivity index (χ4v) is 2.01. The van der Waals surface area contributed by atoms with Crippen LogP contribution in [0.5, 0.6) is 5.75 Å². The van der Waals surface area contributed by atoms with Crippen LogP contribution in [0, 0.1) is 17.2 Å². The Morgan fingerprint density at radius 1 is 1.44 bits per heavy atom. The molecule has 0 unspecified atom stereocenters. The van der Waals surface area contributed by atoms with Gasteiger partial charge in [-0.3, -0.25) is 0 Å². The van der Waals surface area contributed by atoms with Crippen molar-refractivity contribution in [3.8, 4) is 11.8 Å². The third kappa shape index (κ3) is 2.68. The SMILES string of the molecule is N#Cc1ccc(OCCC2CCC2)cc1Cl. The van der Waals surface area contributed by atoms with Crippen LogP contribution in [-0.4, -0.2) is 6.61 Å². The lowest BCUT2D eigenvalue weighted by molar-refractivity contribution is 0.222. The van der Waals surface area contributed by atoms with E-state index in [1.165, 1.54) is 19.3 Å². The first-order valence-electron chi connectivity index (χ1n) is 5.62. The maximum absolute atomic E-state index is 8.72. The van der Waals surface area contributed by atoms with Crippen molar-refractivity contribution in [1.82, 2.24) is 0 Å². The summed E-state index contributed by atoms with van der Waals surface area (Å²) in [6, 6.07) is 7.23. The fourth-order valence-electron chi connectivity index (χ4n) is 1.80. The number of rotatable bonds is 4. The number of hydrogen-bond donors (Lipinski definition) is 0. The average Bonchev–Trinajstić information content (AvgIpc) is 2.22. The molecule has 1 aromatic carbocycles. The second-order valence-electron chi connectivity index (χ2n) is 4.19. The van der Waals surface area contributed by atoms with Crippen LogP contribution >= 0.6 is 11.6 Å². The maximum Gasteiger partial charge on any atom is 0.120 e. The summed E-state index contributed by atoms with van der Waals surface area (Å²) in [5.41, 5.74) is 0.494. The molecule has 1 aliphatic carbocycles. The summed E-state index contributed by atoms with van der Waals surface area (Å²) in [5, 5.41) is 9.18. The standard InChI is InChI=1S/C13H14ClNO/c14-13-8-12(5-4-11(13)9-15)16-7-6-10-2-1-3-10/h4-5,8,10H,1-3,6-7H2. The number of hydrogen-bond acceptors (Lipinski definition) is 2. The van der Waals surface area contributed by atoms with Crippen LogP contribution in [0.2, 0.25) is 5.02 Å². The van der Waals surface area contributed by atoms with Gasteiger partial charge in [0.05, 0.1) is 17.2 Å². The molecule has 2 nitrogen and oxygen atoms in total. The number of benzene rings is 1. The largest absolute Gasteiger partial charge is 0.494 e. The van der Waals surface area contributed by atoms with Crippen LogP contribution in [-0.2, 0) is 0 Å². The zero-order chi connectivity index (χ0) is 11.4. The van der Waals surface area contributed by atoms with Gasteiger partial charge in [0.25, 0.3) is 0 Å². The highest BCUT2D eigenvalue weighted by atomic mass is 35.5. The first-order chi connectivity index (χ1) is 7.79. The smallest absolute Gasteiger partial charge is 0.120 e. The number of halogens is 1. The zero-order valence-electron chi connectivity index (χ0n) is 9.08. The quantitative estimate of drug-likeness (QED) is 0.796. The van der Waals surface area contributed by atoms with E-state index < -0.39 is 0 Å². The lowest BCUT2D eigenvalue weighted by Crippen LogP contribution is -2.14. The number of nitrogens with zero attached hydrogens (tertiary/aromatic N) is 1. The third-order valence-electron chi connectivity index (χ3n) is 3.08. The van der Waals surface area contributed by atoms with Gasteiger partial charge in [-0.2, -0.15) is 5.26 Å². The van der Waals surface area contributed by atoms with E-state index in [9.17, 15) is 0 Å². The minimum atomic E-state index is 0.462. The molecule has 0 radical (unpaired) electrons. The molecule has 0 aromatic heterocycles. The van der Waals surface area contributed by atoms with Crippen LogP contribution in [0.25, 0.3) is 0 Å². The molecule has 0 N–H and O–H groups in total. The second-order valence-corrected chi connectivity index (χ2v) is 4.59. The van der Waals surface area contributed by atoms with Crippen LogP contribution in [0.4, 0.5) is 0 Å². The van der Waals surface area contributed by atoms with Crippen molar-refractivity contribution in [1.29, 1.82) is 5.26 Å². The van der Waals surface area contributed by atoms with Crippen LogP contribution < -0.4 is 4.74 Å². The predicted octanol–water partition coefficient (Wildman–Crippen LogP) is 3.78. The Balaban J connectivity index is 1.84. The van der Waals surface area contributed by atoms with E-state index in [0.29, 0.717) is 10.6 Å². The van der Waals surface area contributed by atoms with Gasteiger partial charge in [0.2, 0.25) is 0 Å². The first kappa shape index (κ1) is 11.3. The predicted molar refractivity (Wildman–Crippen MR) is 63.6 cm³/mol. The first-order valence-corrected chi connectivity index (χ1v) is 6.00. The second kappa shape index (κ2) is 5.23. The van der Waals surface area contributed by atoms with Gasteiger partial charge in [-0.05, 0) is 24.5 Å². The maximum atomic E-state index is 8.72. The average molecular weight is 236 g/mol. The molecule has 2 rings (SSSR count). The summed E-state index contributed by atoms with van der Waals surface area (Å²) in [6.07, 6.45) is 5.18. The lowest BCUT2D eigenvalue weighted by Gasteiger charge is -2.24. The van der Waals surface area contributed by atoms with E-state index >= 15 is 0 Å². The van der Waals surface area contributed by atoms with E-state index in [0.717, 1.165) is 24.7 Å². The number of ether oxygens (including phenoxy) is 1. The van der Waals surface area contributed by atoms with E-state index in [4.69, 9.17) is 21.6 Å². The summed E-state index contributed by atoms with van der Waals surface area (Å²) >= 11 is 5.91. The Kier molecular flexibility index (Phi) is 3.69. The van der Waals surface area contributed by atoms with E-state index in [2.05, 4.69) is 0 Å². The molecular formula is C13H14ClNO. The summed E-state index contributed by atoms with van der Waals surface area (Å²) < 4.78 is 5.60. The van der Waals surface area contributed by atoms with Crippen molar-refractivity contribution < 1.29 is 4.74 Å². The van der Waals surface area contributed by atoms with Gasteiger partial charge >= 0.3 is 0 Å². The molecule has 1 aliphatic rings. The van der Waals surface area contributed by atoms with Crippen molar-refractivity contribution >= 4 is 11.6 Å². The summed E-state index contributed by atoms with van der Waals surface area (Å²) in [4.78, 5) is 0. The zero-order valence-corrected chi connectivity index (χ0v) is 9.83. The highest BCUT2D eigenvalue weighted by Gasteiger charge is 2.16. The van der Waals surface area contributed by atoms with Crippen molar-refractivity contribution in [2.75, 3.05) is 6.61 Å². The Morgan fingerprint density at radius 2 is 2.25 bits per heavy atom. The molecule has 0 amide bonds. The van der Waals surface area contributed by atoms with Gasteiger partial charge in [0.1, 0.15) is 11.8 Å². The summed E-state index contributed by atoms with van der Waals surface area (Å²) in [7, 11) is 0. The summed E-state index contributed by atoms with van der Waals surface area (Å²) in [6.45, 7) is 0.743. The van der Waals surface area contributed by atoms with Gasteiger partial charge in [0.15, 0.2) is 0 Å². The molecule has 0 bridgehead atoms. The van der Waals surface area contributed by atoms with Crippen LogP contribution in [0.15, 0.2) is 18.2 Å². The monoisotopic (exact) mass is 235 g/mol. The minimum Gasteiger partial charge on any atom is -0.494 e. The molecule has 16 heavy (non-hydrogen) atoms. The Bertz CT molecular complexity index is 407. The van der Waals surface area contributed by atoms with Gasteiger partial charge in [-0.25, -0.2) is 0 Å². The molecule has 0 heterocycles. The van der Waals surface area contributed by atoms with Gasteiger partial charge in [0, 0.05) is 6.07 Å². The Morgan fingerprint density at radius 3 is 2.81 bits per heavy atom. The molecule has 84 valence electrons. The molecular weight excluding hydrogens is 222 g/mol. The molecule has 0 saturated heterocycles. The Hall–Kier alpha value is -1.20. The molecule has 0 spiro atoms. The lowest BCUT2D eigenvalue weighted by atomic mass is 9.83. The molecule has 0 atom stereocenters. The highest BCUT2D eigenvalue weighted by Crippen LogP contribution is 2.29. The highest BCUT2D eigenvalue weighted by molar-refractivity contribution is 6.31. The third-order valence-corrected chi connectivity index (χ3v) is 3.39. The molecule has 1 aromatic rings. The van der Waals surface area contributed by atoms with Crippen molar-refractivity contribution in [2.24, 2.45) is 5.92 Å². The van der Waals surface area contributed by atoms with Gasteiger partial charge in [-0.15, -0.1) is 0 Å². The van der Waals surface area contributed by atoms with Crippen molar-refractivity contribution in [3.05, 3.63) is 28.8 Å². The normalized spacial score (nSPS) is 15.2. The number of nitriles is 1. The molecule has 1 saturated carbocycles. The van der Waals surface area contributed by atoms with E-state index in [-0.39, 0.29) is 0 Å². The van der Waals surface area contributed by atoms with Crippen molar-refractivity contribution in [3.63, 3.8) is 0 Å². The summed E-state index contributed by atoms with van der Waals surface area (Å²) in [5.74, 6) is 1.61. The molecule has 3 heteroatoms. The fraction of sp³-hybridized carbons (Fsp3) is 0.462. The molecule has 0 aliphatic heterocycles. The van der Waals surface area contributed by atoms with Gasteiger partial charge in [-0.1, -0.05) is 30.9 Å². The van der Waals surface area contributed by atoms with Gasteiger partial charge < -0.3 is 4.74 Å². The van der Waals surface area contributed by atoms with E-state index in [1.54, 1.807) is 18.2 Å². The van der Waals surface area contributed by atoms with Crippen molar-refractivity contribution in [2.45, 2.75) is 25.7 Å². The van der Waals surface area contributed by atoms with E-state index in [1.807, 2.05) is 6.07 Å². The molecule has 1 fully saturated rings.